The summed E-state index contributed by atoms with van der Waals surface area (Å²) in [5.41, 5.74) is 4.63. The van der Waals surface area contributed by atoms with E-state index in [1.54, 1.807) is 36.4 Å². The van der Waals surface area contributed by atoms with Crippen molar-refractivity contribution in [2.75, 3.05) is 144 Å². The molecule has 2 aromatic heterocycles. The van der Waals surface area contributed by atoms with Crippen molar-refractivity contribution in [3.8, 4) is 22.8 Å². The third-order valence-electron chi connectivity index (χ3n) is 18.9. The van der Waals surface area contributed by atoms with Crippen LogP contribution in [0.3, 0.4) is 0 Å². The average Bonchev–Trinajstić information content (AvgIpc) is 1.32. The largest absolute Gasteiger partial charge is 0.377 e. The van der Waals surface area contributed by atoms with Crippen molar-refractivity contribution in [2.24, 2.45) is 0 Å². The van der Waals surface area contributed by atoms with Crippen molar-refractivity contribution < 1.29 is 23.9 Å². The Hall–Kier alpha value is -8.25. The number of hydrogen-bond donors (Lipinski definition) is 2. The van der Waals surface area contributed by atoms with Crippen LogP contribution in [0.25, 0.3) is 22.8 Å². The number of hydrazine groups is 1. The van der Waals surface area contributed by atoms with Crippen LogP contribution in [0.4, 0.5) is 61.8 Å². The predicted octanol–water partition coefficient (Wildman–Crippen LogP) is 9.21. The van der Waals surface area contributed by atoms with Crippen LogP contribution in [0.1, 0.15) is 91.4 Å². The third-order valence-corrected chi connectivity index (χ3v) is 18.9. The smallest absolute Gasteiger partial charge is 0.345 e. The fourth-order valence-corrected chi connectivity index (χ4v) is 13.3. The van der Waals surface area contributed by atoms with E-state index in [9.17, 15) is 4.79 Å². The Bertz CT molecular complexity index is 3430. The van der Waals surface area contributed by atoms with E-state index >= 15 is 9.59 Å². The molecule has 6 saturated heterocycles. The summed E-state index contributed by atoms with van der Waals surface area (Å²) in [4.78, 5) is 93.7. The molecule has 6 atom stereocenters. The van der Waals surface area contributed by atoms with Gasteiger partial charge in [0, 0.05) is 129 Å². The highest BCUT2D eigenvalue weighted by molar-refractivity contribution is 6.13. The predicted molar refractivity (Wildman–Crippen MR) is 355 cm³/mol. The van der Waals surface area contributed by atoms with Crippen molar-refractivity contribution in [2.45, 2.75) is 123 Å². The first-order valence-corrected chi connectivity index (χ1v) is 32.4. The number of benzene rings is 4. The van der Waals surface area contributed by atoms with Gasteiger partial charge in [-0.25, -0.2) is 9.59 Å². The first-order chi connectivity index (χ1) is 43.5. The van der Waals surface area contributed by atoms with Crippen LogP contribution in [0.2, 0.25) is 0 Å². The normalized spacial score (nSPS) is 22.7. The van der Waals surface area contributed by atoms with Crippen LogP contribution in [0.15, 0.2) is 97.1 Å². The summed E-state index contributed by atoms with van der Waals surface area (Å²) in [6.07, 6.45) is 4.10. The second kappa shape index (κ2) is 27.1. The minimum Gasteiger partial charge on any atom is -0.377 e. The van der Waals surface area contributed by atoms with E-state index in [-0.39, 0.29) is 42.2 Å². The Labute approximate surface area is 529 Å². The molecule has 6 aliphatic heterocycles. The second-order valence-electron chi connectivity index (χ2n) is 25.5. The molecule has 0 radical (unpaired) electrons. The maximum absolute atomic E-state index is 15.7. The van der Waals surface area contributed by atoms with Gasteiger partial charge in [0.25, 0.3) is 5.91 Å². The Morgan fingerprint density at radius 2 is 0.889 bits per heavy atom. The molecule has 12 rings (SSSR count). The highest BCUT2D eigenvalue weighted by Crippen LogP contribution is 2.36. The fraction of sp³-hybridized carbons (Fsp3) is 0.507. The summed E-state index contributed by atoms with van der Waals surface area (Å²) in [6.45, 7) is 27.6. The van der Waals surface area contributed by atoms with Gasteiger partial charge in [0.1, 0.15) is 0 Å². The summed E-state index contributed by atoms with van der Waals surface area (Å²) in [7, 11) is 2.05. The molecule has 23 heteroatoms. The van der Waals surface area contributed by atoms with E-state index in [1.165, 1.54) is 10.0 Å². The number of carbonyl (C=O) groups is 3. The Kier molecular flexibility index (Phi) is 18.6. The van der Waals surface area contributed by atoms with Crippen LogP contribution >= 0.6 is 0 Å². The number of likely N-dealkylation sites (N-methyl/N-ethyl adjacent to an activating group) is 1. The topological polar surface area (TPSA) is 203 Å². The van der Waals surface area contributed by atoms with Crippen LogP contribution in [0, 0.1) is 0 Å². The molecule has 2 N–H and O–H groups in total. The average molecular weight is 1230 g/mol. The molecule has 0 spiro atoms. The van der Waals surface area contributed by atoms with E-state index in [1.807, 2.05) is 65.6 Å². The van der Waals surface area contributed by atoms with Crippen LogP contribution < -0.4 is 45.2 Å². The van der Waals surface area contributed by atoms with Crippen molar-refractivity contribution in [1.82, 2.24) is 44.6 Å². The molecular formula is C67H88N18O5. The van der Waals surface area contributed by atoms with E-state index in [0.717, 1.165) is 70.6 Å². The van der Waals surface area contributed by atoms with Crippen LogP contribution in [-0.2, 0) is 9.47 Å². The molecule has 0 saturated carbocycles. The second-order valence-corrected chi connectivity index (χ2v) is 25.5. The number of rotatable bonds is 13. The lowest BCUT2D eigenvalue weighted by Crippen LogP contribution is -2.54. The molecule has 6 fully saturated rings. The Balaban J connectivity index is 0.938. The van der Waals surface area contributed by atoms with Crippen molar-refractivity contribution >= 4 is 70.2 Å². The van der Waals surface area contributed by atoms with E-state index in [0.29, 0.717) is 134 Å². The molecule has 4 aromatic carbocycles. The molecule has 476 valence electrons. The lowest BCUT2D eigenvalue weighted by Gasteiger charge is -2.38. The monoisotopic (exact) mass is 1220 g/mol. The number of morpholine rings is 2. The van der Waals surface area contributed by atoms with Gasteiger partial charge in [-0.2, -0.15) is 39.9 Å². The van der Waals surface area contributed by atoms with Gasteiger partial charge in [-0.1, -0.05) is 0 Å². The number of anilines is 9. The Morgan fingerprint density at radius 3 is 1.30 bits per heavy atom. The number of amides is 5. The van der Waals surface area contributed by atoms with E-state index in [4.69, 9.17) is 39.4 Å². The molecule has 6 unspecified atom stereocenters. The van der Waals surface area contributed by atoms with Gasteiger partial charge >= 0.3 is 12.1 Å². The first-order valence-electron chi connectivity index (χ1n) is 32.4. The highest BCUT2D eigenvalue weighted by atomic mass is 16.5. The third kappa shape index (κ3) is 13.5. The lowest BCUT2D eigenvalue weighted by molar-refractivity contribution is 0.0664. The molecule has 6 aromatic rings. The summed E-state index contributed by atoms with van der Waals surface area (Å²) in [5.74, 6) is 3.27. The SMILES string of the molecule is CC(C)N1CCN(c2ccc(NC(=O)N(c3ccc(-c4nc(N5CCOCC5C)nc(N5C(C)CCC5C)n4)cc3)N(C(=O)Nc3ccc(C(=O)N4CCN(C)CC4)cc3)c3ccc(-c4nc(N5CCOCC5C)nc(N5C(C)CCC5C)n4)cc3)cc2)CC1. The number of nitrogens with one attached hydrogen (secondary N) is 2. The van der Waals surface area contributed by atoms with E-state index < -0.39 is 12.1 Å². The molecular weight excluding hydrogens is 1140 g/mol. The summed E-state index contributed by atoms with van der Waals surface area (Å²) >= 11 is 0. The molecule has 8 heterocycles. The molecule has 0 bridgehead atoms. The fourth-order valence-electron chi connectivity index (χ4n) is 13.3. The lowest BCUT2D eigenvalue weighted by atomic mass is 10.1. The molecule has 6 aliphatic rings. The molecule has 90 heavy (non-hydrogen) atoms. The Morgan fingerprint density at radius 1 is 0.478 bits per heavy atom. The van der Waals surface area contributed by atoms with Crippen molar-refractivity contribution in [3.63, 3.8) is 0 Å². The van der Waals surface area contributed by atoms with Crippen LogP contribution in [0.5, 0.6) is 0 Å². The minimum absolute atomic E-state index is 0.0434. The quantitative estimate of drug-likeness (QED) is 0.103. The first kappa shape index (κ1) is 62.0. The van der Waals surface area contributed by atoms with Gasteiger partial charge < -0.3 is 54.4 Å². The maximum atomic E-state index is 15.7. The standard InChI is InChI=1S/C67H88N18O5/c1-44(2)77-34-36-78(37-35-77)56-28-22-55(23-29-56)69-67(88)85(58-26-18-52(19-27-58)60-71-63(81-39-41-90-43-50(81)8)75-65(73-60)83-47(5)12-13-48(83)6)84(66(87)68-54-20-14-53(15-21-54)61(86)79-32-30-76(9)31-33-79)57-24-16-51(17-25-57)59-70-62(80-38-40-89-42-49(80)7)74-64(72-59)82-45(3)10-11-46(82)4/h14-29,44-50H,10-13,30-43H2,1-9H3,(H,68,87)(H,69,88). The summed E-state index contributed by atoms with van der Waals surface area (Å²) in [5, 5.41) is 8.95. The molecule has 23 nitrogen and oxygen atoms in total. The number of ether oxygens (including phenoxy) is 2. The van der Waals surface area contributed by atoms with Gasteiger partial charge in [0.05, 0.1) is 49.9 Å². The zero-order valence-corrected chi connectivity index (χ0v) is 53.7. The van der Waals surface area contributed by atoms with Gasteiger partial charge in [-0.3, -0.25) is 9.69 Å². The number of urea groups is 2. The van der Waals surface area contributed by atoms with E-state index in [2.05, 4.69) is 107 Å². The zero-order chi connectivity index (χ0) is 62.7. The van der Waals surface area contributed by atoms with Gasteiger partial charge in [0.15, 0.2) is 11.6 Å². The number of aromatic nitrogens is 6. The number of carbonyl (C=O) groups excluding carboxylic acids is 3. The summed E-state index contributed by atoms with van der Waals surface area (Å²) < 4.78 is 11.7. The minimum atomic E-state index is -0.653. The molecule has 5 amide bonds. The number of nitrogens with zero attached hydrogens (tertiary/aromatic N) is 16. The number of piperazine rings is 2. The summed E-state index contributed by atoms with van der Waals surface area (Å²) in [6, 6.07) is 29.7. The number of hydrogen-bond acceptors (Lipinski definition) is 18. The van der Waals surface area contributed by atoms with Crippen molar-refractivity contribution in [1.29, 1.82) is 0 Å². The molecule has 0 aliphatic carbocycles. The zero-order valence-electron chi connectivity index (χ0n) is 53.7. The van der Waals surface area contributed by atoms with Crippen molar-refractivity contribution in [3.05, 3.63) is 103 Å². The van der Waals surface area contributed by atoms with Gasteiger partial charge in [-0.15, -0.1) is 0 Å². The maximum Gasteiger partial charge on any atom is 0.345 e. The van der Waals surface area contributed by atoms with Gasteiger partial charge in [-0.05, 0) is 185 Å². The van der Waals surface area contributed by atoms with Gasteiger partial charge in [0.2, 0.25) is 23.8 Å². The highest BCUT2D eigenvalue weighted by Gasteiger charge is 2.36. The van der Waals surface area contributed by atoms with Crippen LogP contribution in [-0.4, -0.2) is 204 Å².